The molecule has 7 nitrogen and oxygen atoms in total. The molecule has 8 heteroatoms. The third-order valence-corrected chi connectivity index (χ3v) is 4.01. The van der Waals surface area contributed by atoms with E-state index in [9.17, 15) is 8.42 Å². The highest BCUT2D eigenvalue weighted by atomic mass is 32.2. The smallest absolute Gasteiger partial charge is 0.266 e. The number of sulfonamides is 1. The Labute approximate surface area is 111 Å². The van der Waals surface area contributed by atoms with Crippen LogP contribution in [0.4, 0.5) is 5.82 Å². The molecule has 104 valence electrons. The van der Waals surface area contributed by atoms with E-state index in [0.717, 1.165) is 0 Å². The van der Waals surface area contributed by atoms with Crippen LogP contribution in [0, 0.1) is 13.8 Å². The number of anilines is 1. The second kappa shape index (κ2) is 4.69. The summed E-state index contributed by atoms with van der Waals surface area (Å²) in [5.74, 6) is 0.696. The molecule has 0 unspecified atom stereocenters. The van der Waals surface area contributed by atoms with Crippen LogP contribution in [0.15, 0.2) is 21.7 Å². The van der Waals surface area contributed by atoms with Gasteiger partial charge in [0.1, 0.15) is 10.7 Å². The summed E-state index contributed by atoms with van der Waals surface area (Å²) in [6.45, 7) is 7.20. The van der Waals surface area contributed by atoms with Crippen LogP contribution in [0.25, 0.3) is 0 Å². The van der Waals surface area contributed by atoms with E-state index in [1.807, 2.05) is 13.8 Å². The minimum absolute atomic E-state index is 0.0944. The molecule has 2 rings (SSSR count). The van der Waals surface area contributed by atoms with Crippen molar-refractivity contribution in [1.29, 1.82) is 0 Å². The summed E-state index contributed by atoms with van der Waals surface area (Å²) in [6.07, 6.45) is 1.51. The second-order valence-electron chi connectivity index (χ2n) is 4.58. The van der Waals surface area contributed by atoms with Crippen molar-refractivity contribution in [1.82, 2.24) is 14.9 Å². The summed E-state index contributed by atoms with van der Waals surface area (Å²) >= 11 is 0. The third kappa shape index (κ3) is 2.78. The fourth-order valence-corrected chi connectivity index (χ4v) is 2.76. The molecule has 0 saturated heterocycles. The normalized spacial score (nSPS) is 12.1. The molecule has 0 spiro atoms. The molecule has 0 radical (unpaired) electrons. The van der Waals surface area contributed by atoms with E-state index in [-0.39, 0.29) is 16.8 Å². The van der Waals surface area contributed by atoms with Gasteiger partial charge in [0.15, 0.2) is 5.82 Å². The molecular formula is C11H16N4O3S. The van der Waals surface area contributed by atoms with Crippen molar-refractivity contribution < 1.29 is 12.9 Å². The van der Waals surface area contributed by atoms with Crippen LogP contribution in [0.1, 0.15) is 31.3 Å². The Balaban J connectivity index is 2.34. The summed E-state index contributed by atoms with van der Waals surface area (Å²) in [7, 11) is -3.70. The van der Waals surface area contributed by atoms with Gasteiger partial charge < -0.3 is 4.52 Å². The molecule has 2 aromatic rings. The fraction of sp³-hybridized carbons (Fsp3) is 0.455. The van der Waals surface area contributed by atoms with Crippen molar-refractivity contribution in [3.05, 3.63) is 23.7 Å². The first-order valence-electron chi connectivity index (χ1n) is 5.81. The highest BCUT2D eigenvalue weighted by molar-refractivity contribution is 7.92. The molecule has 2 aromatic heterocycles. The summed E-state index contributed by atoms with van der Waals surface area (Å²) in [4.78, 5) is 0.141. The van der Waals surface area contributed by atoms with Crippen LogP contribution in [0.2, 0.25) is 0 Å². The van der Waals surface area contributed by atoms with Crippen LogP contribution < -0.4 is 4.72 Å². The lowest BCUT2D eigenvalue weighted by Crippen LogP contribution is -2.13. The van der Waals surface area contributed by atoms with Crippen LogP contribution in [-0.2, 0) is 10.0 Å². The Morgan fingerprint density at radius 1 is 1.37 bits per heavy atom. The van der Waals surface area contributed by atoms with Gasteiger partial charge in [0.2, 0.25) is 0 Å². The van der Waals surface area contributed by atoms with Gasteiger partial charge in [-0.3, -0.25) is 9.40 Å². The maximum Gasteiger partial charge on any atom is 0.266 e. The second-order valence-corrected chi connectivity index (χ2v) is 6.23. The lowest BCUT2D eigenvalue weighted by Gasteiger charge is -2.04. The molecule has 19 heavy (non-hydrogen) atoms. The molecule has 0 aliphatic rings. The Hall–Kier alpha value is -1.83. The first kappa shape index (κ1) is 13.6. The van der Waals surface area contributed by atoms with E-state index in [0.29, 0.717) is 11.5 Å². The minimum Gasteiger partial charge on any atom is -0.360 e. The molecular weight excluding hydrogens is 268 g/mol. The highest BCUT2D eigenvalue weighted by Crippen LogP contribution is 2.19. The Morgan fingerprint density at radius 3 is 2.53 bits per heavy atom. The molecule has 0 bridgehead atoms. The van der Waals surface area contributed by atoms with Crippen LogP contribution >= 0.6 is 0 Å². The quantitative estimate of drug-likeness (QED) is 0.925. The van der Waals surface area contributed by atoms with Crippen molar-refractivity contribution in [3.63, 3.8) is 0 Å². The summed E-state index contributed by atoms with van der Waals surface area (Å²) < 4.78 is 33.2. The van der Waals surface area contributed by atoms with Crippen molar-refractivity contribution in [3.8, 4) is 0 Å². The maximum atomic E-state index is 12.2. The van der Waals surface area contributed by atoms with Crippen LogP contribution in [0.5, 0.6) is 0 Å². The number of hydrogen-bond donors (Lipinski definition) is 1. The molecule has 0 aliphatic heterocycles. The zero-order valence-corrected chi connectivity index (χ0v) is 12.0. The van der Waals surface area contributed by atoms with E-state index in [1.165, 1.54) is 12.3 Å². The van der Waals surface area contributed by atoms with Gasteiger partial charge in [-0.05, 0) is 27.7 Å². The third-order valence-electron chi connectivity index (χ3n) is 2.56. The number of rotatable bonds is 4. The van der Waals surface area contributed by atoms with Crippen molar-refractivity contribution in [2.45, 2.75) is 38.6 Å². The van der Waals surface area contributed by atoms with Gasteiger partial charge in [-0.15, -0.1) is 0 Å². The standard InChI is InChI=1S/C11H16N4O3S/c1-7(2)15-6-10(9(4)12-15)19(16,17)14-11-5-8(3)18-13-11/h5-7H,1-4H3,(H,13,14). The van der Waals surface area contributed by atoms with E-state index in [2.05, 4.69) is 15.0 Å². The predicted octanol–water partition coefficient (Wildman–Crippen LogP) is 1.87. The highest BCUT2D eigenvalue weighted by Gasteiger charge is 2.22. The number of nitrogens with one attached hydrogen (secondary N) is 1. The molecule has 0 aliphatic carbocycles. The zero-order valence-electron chi connectivity index (χ0n) is 11.2. The van der Waals surface area contributed by atoms with Gasteiger partial charge >= 0.3 is 0 Å². The molecule has 2 heterocycles. The largest absolute Gasteiger partial charge is 0.360 e. The summed E-state index contributed by atoms with van der Waals surface area (Å²) in [6, 6.07) is 1.61. The van der Waals surface area contributed by atoms with E-state index >= 15 is 0 Å². The lowest BCUT2D eigenvalue weighted by molar-refractivity contribution is 0.400. The Bertz CT molecular complexity index is 685. The average molecular weight is 284 g/mol. The van der Waals surface area contributed by atoms with Crippen LogP contribution in [0.3, 0.4) is 0 Å². The molecule has 1 N–H and O–H groups in total. The molecule has 0 saturated carbocycles. The van der Waals surface area contributed by atoms with Gasteiger partial charge in [-0.2, -0.15) is 5.10 Å². The van der Waals surface area contributed by atoms with Gasteiger partial charge in [0, 0.05) is 18.3 Å². The molecule has 0 aromatic carbocycles. The predicted molar refractivity (Wildman–Crippen MR) is 69.4 cm³/mol. The lowest BCUT2D eigenvalue weighted by atomic mass is 10.4. The van der Waals surface area contributed by atoms with E-state index in [1.54, 1.807) is 18.5 Å². The number of hydrogen-bond acceptors (Lipinski definition) is 5. The van der Waals surface area contributed by atoms with Gasteiger partial charge in [0.25, 0.3) is 10.0 Å². The monoisotopic (exact) mass is 284 g/mol. The average Bonchev–Trinajstić information content (AvgIpc) is 2.85. The van der Waals surface area contributed by atoms with E-state index in [4.69, 9.17) is 4.52 Å². The number of aromatic nitrogens is 3. The first-order chi connectivity index (χ1) is 8.79. The number of nitrogens with zero attached hydrogens (tertiary/aromatic N) is 3. The topological polar surface area (TPSA) is 90.0 Å². The van der Waals surface area contributed by atoms with Gasteiger partial charge in [-0.25, -0.2) is 8.42 Å². The zero-order chi connectivity index (χ0) is 14.2. The molecule has 0 amide bonds. The van der Waals surface area contributed by atoms with Crippen molar-refractivity contribution >= 4 is 15.8 Å². The maximum absolute atomic E-state index is 12.2. The van der Waals surface area contributed by atoms with Crippen molar-refractivity contribution in [2.24, 2.45) is 0 Å². The van der Waals surface area contributed by atoms with Gasteiger partial charge in [0.05, 0.1) is 5.69 Å². The summed E-state index contributed by atoms with van der Waals surface area (Å²) in [5.41, 5.74) is 0.446. The minimum atomic E-state index is -3.70. The van der Waals surface area contributed by atoms with Crippen LogP contribution in [-0.4, -0.2) is 23.4 Å². The van der Waals surface area contributed by atoms with Crippen molar-refractivity contribution in [2.75, 3.05) is 4.72 Å². The molecule has 0 fully saturated rings. The number of aryl methyl sites for hydroxylation is 2. The Morgan fingerprint density at radius 2 is 2.05 bits per heavy atom. The summed E-state index contributed by atoms with van der Waals surface area (Å²) in [5, 5.41) is 7.78. The Kier molecular flexibility index (Phi) is 3.36. The SMILES string of the molecule is Cc1cc(NS(=O)(=O)c2cn(C(C)C)nc2C)no1. The van der Waals surface area contributed by atoms with E-state index < -0.39 is 10.0 Å². The molecule has 0 atom stereocenters. The first-order valence-corrected chi connectivity index (χ1v) is 7.30. The van der Waals surface area contributed by atoms with Gasteiger partial charge in [-0.1, -0.05) is 5.16 Å². The fourth-order valence-electron chi connectivity index (χ4n) is 1.60.